The number of hydrogen-bond acceptors (Lipinski definition) is 1. The number of aryl methyl sites for hydroxylation is 2. The van der Waals surface area contributed by atoms with Crippen LogP contribution >= 0.6 is 0 Å². The Morgan fingerprint density at radius 3 is 2.18 bits per heavy atom. The van der Waals surface area contributed by atoms with Crippen LogP contribution in [0.2, 0.25) is 0 Å². The van der Waals surface area contributed by atoms with Crippen LogP contribution in [0.15, 0.2) is 48.5 Å². The van der Waals surface area contributed by atoms with Crippen LogP contribution in [-0.2, 0) is 6.42 Å². The van der Waals surface area contributed by atoms with Crippen molar-refractivity contribution in [3.63, 3.8) is 0 Å². The molecule has 2 nitrogen and oxygen atoms in total. The third-order valence-electron chi connectivity index (χ3n) is 2.92. The predicted molar refractivity (Wildman–Crippen MR) is 97.6 cm³/mol. The summed E-state index contributed by atoms with van der Waals surface area (Å²) < 4.78 is 0. The van der Waals surface area contributed by atoms with Crippen molar-refractivity contribution < 1.29 is 4.79 Å². The lowest BCUT2D eigenvalue weighted by Crippen LogP contribution is -2.14. The second-order valence-corrected chi connectivity index (χ2v) is 4.33. The van der Waals surface area contributed by atoms with E-state index in [0.29, 0.717) is 0 Å². The number of benzene rings is 2. The first kappa shape index (κ1) is 19.9. The number of hydrogen-bond donors (Lipinski definition) is 1. The van der Waals surface area contributed by atoms with Crippen LogP contribution in [0.3, 0.4) is 0 Å². The van der Waals surface area contributed by atoms with Crippen molar-refractivity contribution in [2.24, 2.45) is 0 Å². The molecule has 0 saturated heterocycles. The maximum Gasteiger partial charge on any atom is 0.255 e. The molecular formula is C20H29NO. The minimum Gasteiger partial charge on any atom is -0.322 e. The molecule has 22 heavy (non-hydrogen) atoms. The number of nitrogens with one attached hydrogen (secondary N) is 1. The first-order valence-corrected chi connectivity index (χ1v) is 8.16. The molecule has 0 saturated carbocycles. The molecule has 2 heteroatoms. The quantitative estimate of drug-likeness (QED) is 0.755. The smallest absolute Gasteiger partial charge is 0.255 e. The zero-order chi connectivity index (χ0) is 17.0. The van der Waals surface area contributed by atoms with Gasteiger partial charge in [0.2, 0.25) is 0 Å². The van der Waals surface area contributed by atoms with Crippen molar-refractivity contribution in [3.8, 4) is 0 Å². The summed E-state index contributed by atoms with van der Waals surface area (Å²) in [5.41, 5.74) is 3.80. The molecule has 0 spiro atoms. The van der Waals surface area contributed by atoms with Crippen molar-refractivity contribution in [2.75, 3.05) is 5.32 Å². The van der Waals surface area contributed by atoms with Crippen LogP contribution in [0.4, 0.5) is 5.69 Å². The lowest BCUT2D eigenvalue weighted by molar-refractivity contribution is 0.102. The maximum absolute atomic E-state index is 12.2. The highest BCUT2D eigenvalue weighted by atomic mass is 16.1. The Morgan fingerprint density at radius 1 is 0.955 bits per heavy atom. The Balaban J connectivity index is 0.00000102. The van der Waals surface area contributed by atoms with Crippen molar-refractivity contribution in [1.29, 1.82) is 0 Å². The number of carbonyl (C=O) groups is 1. The van der Waals surface area contributed by atoms with E-state index in [9.17, 15) is 4.79 Å². The number of amides is 1. The molecule has 0 heterocycles. The molecule has 2 aromatic carbocycles. The highest BCUT2D eigenvalue weighted by molar-refractivity contribution is 6.05. The number of anilines is 1. The molecule has 1 N–H and O–H groups in total. The van der Waals surface area contributed by atoms with Gasteiger partial charge in [0.25, 0.3) is 5.91 Å². The van der Waals surface area contributed by atoms with E-state index >= 15 is 0 Å². The van der Waals surface area contributed by atoms with Crippen molar-refractivity contribution in [1.82, 2.24) is 0 Å². The summed E-state index contributed by atoms with van der Waals surface area (Å²) in [5.74, 6) is -0.0435. The van der Waals surface area contributed by atoms with E-state index in [0.717, 1.165) is 28.8 Å². The standard InChI is InChI=1S/C16H17NO.2C2H6/c1-3-13-8-4-5-10-15(13)16(18)17-14-9-6-7-12(2)11-14;2*1-2/h4-11H,3H2,1-2H3,(H,17,18);2*1-2H3. The molecule has 0 aliphatic carbocycles. The van der Waals surface area contributed by atoms with Crippen molar-refractivity contribution in [2.45, 2.75) is 48.0 Å². The first-order chi connectivity index (χ1) is 10.7. The normalized spacial score (nSPS) is 8.82. The summed E-state index contributed by atoms with van der Waals surface area (Å²) in [6.45, 7) is 12.1. The minimum absolute atomic E-state index is 0.0435. The average Bonchev–Trinajstić information content (AvgIpc) is 2.58. The van der Waals surface area contributed by atoms with E-state index in [1.54, 1.807) is 0 Å². The molecule has 0 fully saturated rings. The Kier molecular flexibility index (Phi) is 10.5. The SMILES string of the molecule is CC.CC.CCc1ccccc1C(=O)Nc1cccc(C)c1. The molecular weight excluding hydrogens is 270 g/mol. The van der Waals surface area contributed by atoms with Crippen LogP contribution in [0.5, 0.6) is 0 Å². The topological polar surface area (TPSA) is 29.1 Å². The Hall–Kier alpha value is -2.09. The first-order valence-electron chi connectivity index (χ1n) is 8.16. The zero-order valence-electron chi connectivity index (χ0n) is 14.7. The zero-order valence-corrected chi connectivity index (χ0v) is 14.7. The fourth-order valence-electron chi connectivity index (χ4n) is 1.97. The molecule has 0 bridgehead atoms. The molecule has 0 radical (unpaired) electrons. The molecule has 2 aromatic rings. The van der Waals surface area contributed by atoms with Gasteiger partial charge < -0.3 is 5.32 Å². The Bertz CT molecular complexity index is 561. The summed E-state index contributed by atoms with van der Waals surface area (Å²) in [6.07, 6.45) is 0.859. The molecule has 0 atom stereocenters. The second kappa shape index (κ2) is 11.6. The van der Waals surface area contributed by atoms with Crippen LogP contribution in [0.1, 0.15) is 56.1 Å². The van der Waals surface area contributed by atoms with Crippen molar-refractivity contribution in [3.05, 3.63) is 65.2 Å². The van der Waals surface area contributed by atoms with Crippen LogP contribution in [0, 0.1) is 6.92 Å². The maximum atomic E-state index is 12.2. The van der Waals surface area contributed by atoms with Gasteiger partial charge in [0.05, 0.1) is 0 Å². The van der Waals surface area contributed by atoms with Gasteiger partial charge in [-0.3, -0.25) is 4.79 Å². The third kappa shape index (κ3) is 6.13. The van der Waals surface area contributed by atoms with Gasteiger partial charge >= 0.3 is 0 Å². The van der Waals surface area contributed by atoms with Gasteiger partial charge in [-0.05, 0) is 42.7 Å². The fourth-order valence-corrected chi connectivity index (χ4v) is 1.97. The predicted octanol–water partition coefficient (Wildman–Crippen LogP) is 5.86. The van der Waals surface area contributed by atoms with E-state index in [1.807, 2.05) is 83.1 Å². The number of rotatable bonds is 3. The van der Waals surface area contributed by atoms with Gasteiger partial charge in [0.1, 0.15) is 0 Å². The minimum atomic E-state index is -0.0435. The molecule has 120 valence electrons. The van der Waals surface area contributed by atoms with E-state index in [-0.39, 0.29) is 5.91 Å². The molecule has 2 rings (SSSR count). The molecule has 0 aromatic heterocycles. The molecule has 0 unspecified atom stereocenters. The Morgan fingerprint density at radius 2 is 1.59 bits per heavy atom. The fraction of sp³-hybridized carbons (Fsp3) is 0.350. The van der Waals surface area contributed by atoms with E-state index < -0.39 is 0 Å². The lowest BCUT2D eigenvalue weighted by Gasteiger charge is -2.09. The largest absolute Gasteiger partial charge is 0.322 e. The summed E-state index contributed by atoms with van der Waals surface area (Å²) in [7, 11) is 0. The lowest BCUT2D eigenvalue weighted by atomic mass is 10.0. The van der Waals surface area contributed by atoms with Crippen LogP contribution < -0.4 is 5.32 Å². The molecule has 0 aliphatic heterocycles. The summed E-state index contributed by atoms with van der Waals surface area (Å²) in [5, 5.41) is 2.93. The van der Waals surface area contributed by atoms with Gasteiger partial charge in [0, 0.05) is 11.3 Å². The molecule has 1 amide bonds. The summed E-state index contributed by atoms with van der Waals surface area (Å²) >= 11 is 0. The van der Waals surface area contributed by atoms with Gasteiger partial charge in [-0.2, -0.15) is 0 Å². The monoisotopic (exact) mass is 299 g/mol. The highest BCUT2D eigenvalue weighted by Gasteiger charge is 2.09. The highest BCUT2D eigenvalue weighted by Crippen LogP contribution is 2.14. The van der Waals surface area contributed by atoms with Crippen LogP contribution in [-0.4, -0.2) is 5.91 Å². The molecule has 0 aliphatic rings. The third-order valence-corrected chi connectivity index (χ3v) is 2.92. The summed E-state index contributed by atoms with van der Waals surface area (Å²) in [6, 6.07) is 15.5. The van der Waals surface area contributed by atoms with Crippen molar-refractivity contribution >= 4 is 11.6 Å². The van der Waals surface area contributed by atoms with Gasteiger partial charge in [-0.15, -0.1) is 0 Å². The van der Waals surface area contributed by atoms with E-state index in [4.69, 9.17) is 0 Å². The Labute approximate surface area is 135 Å². The van der Waals surface area contributed by atoms with E-state index in [2.05, 4.69) is 12.2 Å². The van der Waals surface area contributed by atoms with Gasteiger partial charge in [-0.25, -0.2) is 0 Å². The van der Waals surface area contributed by atoms with Crippen LogP contribution in [0.25, 0.3) is 0 Å². The summed E-state index contributed by atoms with van der Waals surface area (Å²) in [4.78, 5) is 12.2. The van der Waals surface area contributed by atoms with E-state index in [1.165, 1.54) is 0 Å². The average molecular weight is 299 g/mol. The second-order valence-electron chi connectivity index (χ2n) is 4.33. The van der Waals surface area contributed by atoms with Gasteiger partial charge in [0.15, 0.2) is 0 Å². The number of carbonyl (C=O) groups excluding carboxylic acids is 1. The van der Waals surface area contributed by atoms with Gasteiger partial charge in [-0.1, -0.05) is 65.0 Å².